The molecule has 1 unspecified atom stereocenters. The number of benzene rings is 2. The molecule has 0 saturated heterocycles. The standard InChI is InChI=1S/C25H29N5O3/c1-15(2)18-10-8-16(3)12-23(18)33-24(32)14-30-21-7-5-4-6-19(21)27-25(30)17-9-11-22(31)20(13-17)28-29-26/h4-7,9,11,13,15-16,18,23,31H,8,10,12,14H2,1-3H3/t16-,18+,23?/m1/s1. The average molecular weight is 448 g/mol. The van der Waals surface area contributed by atoms with Crippen LogP contribution in [0.4, 0.5) is 5.69 Å². The molecule has 1 aliphatic rings. The molecule has 1 fully saturated rings. The third kappa shape index (κ3) is 4.81. The second-order valence-electron chi connectivity index (χ2n) is 9.26. The molecule has 1 N–H and O–H groups in total. The van der Waals surface area contributed by atoms with Crippen LogP contribution in [0, 0.1) is 17.8 Å². The molecule has 172 valence electrons. The highest BCUT2D eigenvalue weighted by Crippen LogP contribution is 2.36. The Morgan fingerprint density at radius 1 is 1.30 bits per heavy atom. The van der Waals surface area contributed by atoms with Crippen LogP contribution in [-0.4, -0.2) is 26.7 Å². The minimum Gasteiger partial charge on any atom is -0.507 e. The van der Waals surface area contributed by atoms with Crippen molar-refractivity contribution >= 4 is 22.7 Å². The van der Waals surface area contributed by atoms with E-state index in [9.17, 15) is 9.90 Å². The van der Waals surface area contributed by atoms with Gasteiger partial charge in [-0.3, -0.25) is 4.79 Å². The van der Waals surface area contributed by atoms with Crippen molar-refractivity contribution in [1.82, 2.24) is 9.55 Å². The molecule has 2 aromatic carbocycles. The van der Waals surface area contributed by atoms with Crippen molar-refractivity contribution in [3.8, 4) is 17.1 Å². The first-order chi connectivity index (χ1) is 15.9. The van der Waals surface area contributed by atoms with E-state index in [1.165, 1.54) is 12.5 Å². The van der Waals surface area contributed by atoms with Crippen molar-refractivity contribution in [3.63, 3.8) is 0 Å². The number of hydrogen-bond donors (Lipinski definition) is 1. The molecule has 8 nitrogen and oxygen atoms in total. The molecule has 1 aromatic heterocycles. The molecule has 33 heavy (non-hydrogen) atoms. The van der Waals surface area contributed by atoms with E-state index in [1.807, 2.05) is 28.8 Å². The van der Waals surface area contributed by atoms with Crippen LogP contribution in [0.3, 0.4) is 0 Å². The summed E-state index contributed by atoms with van der Waals surface area (Å²) < 4.78 is 7.86. The van der Waals surface area contributed by atoms with Gasteiger partial charge in [0, 0.05) is 10.5 Å². The van der Waals surface area contributed by atoms with Crippen LogP contribution in [0.5, 0.6) is 5.75 Å². The van der Waals surface area contributed by atoms with Crippen molar-refractivity contribution in [2.75, 3.05) is 0 Å². The zero-order valence-corrected chi connectivity index (χ0v) is 19.2. The molecule has 1 aliphatic carbocycles. The molecule has 3 aromatic rings. The van der Waals surface area contributed by atoms with Crippen molar-refractivity contribution in [3.05, 3.63) is 52.9 Å². The second-order valence-corrected chi connectivity index (χ2v) is 9.26. The number of phenolic OH excluding ortho intramolecular Hbond substituents is 1. The minimum absolute atomic E-state index is 0.0171. The van der Waals surface area contributed by atoms with Crippen LogP contribution >= 0.6 is 0 Å². The third-order valence-corrected chi connectivity index (χ3v) is 6.57. The van der Waals surface area contributed by atoms with Crippen molar-refractivity contribution in [2.24, 2.45) is 22.9 Å². The van der Waals surface area contributed by atoms with Gasteiger partial charge in [-0.2, -0.15) is 0 Å². The van der Waals surface area contributed by atoms with E-state index in [1.54, 1.807) is 12.1 Å². The zero-order valence-electron chi connectivity index (χ0n) is 19.2. The monoisotopic (exact) mass is 447 g/mol. The lowest BCUT2D eigenvalue weighted by Crippen LogP contribution is -2.36. The van der Waals surface area contributed by atoms with Crippen LogP contribution in [0.25, 0.3) is 32.9 Å². The fraction of sp³-hybridized carbons (Fsp3) is 0.440. The minimum atomic E-state index is -0.293. The number of aromatic nitrogens is 2. The van der Waals surface area contributed by atoms with E-state index in [4.69, 9.17) is 15.3 Å². The lowest BCUT2D eigenvalue weighted by molar-refractivity contribution is -0.156. The van der Waals surface area contributed by atoms with Crippen LogP contribution in [0.1, 0.15) is 40.0 Å². The Kier molecular flexibility index (Phi) is 6.56. The Balaban J connectivity index is 1.67. The average Bonchev–Trinajstić information content (AvgIpc) is 3.13. The Morgan fingerprint density at radius 2 is 2.09 bits per heavy atom. The zero-order chi connectivity index (χ0) is 23.5. The van der Waals surface area contributed by atoms with Crippen molar-refractivity contribution < 1.29 is 14.6 Å². The maximum atomic E-state index is 13.1. The van der Waals surface area contributed by atoms with E-state index in [0.29, 0.717) is 29.1 Å². The lowest BCUT2D eigenvalue weighted by Gasteiger charge is -2.36. The number of imidazole rings is 1. The van der Waals surface area contributed by atoms with E-state index >= 15 is 0 Å². The number of esters is 1. The Hall–Kier alpha value is -3.51. The number of hydrogen-bond acceptors (Lipinski definition) is 5. The lowest BCUT2D eigenvalue weighted by atomic mass is 9.75. The first-order valence-electron chi connectivity index (χ1n) is 11.4. The number of ether oxygens (including phenoxy) is 1. The summed E-state index contributed by atoms with van der Waals surface area (Å²) in [6, 6.07) is 12.3. The van der Waals surface area contributed by atoms with E-state index in [0.717, 1.165) is 23.9 Å². The molecule has 0 amide bonds. The Morgan fingerprint density at radius 3 is 2.85 bits per heavy atom. The summed E-state index contributed by atoms with van der Waals surface area (Å²) in [6.07, 6.45) is 3.05. The number of rotatable bonds is 6. The smallest absolute Gasteiger partial charge is 0.326 e. The van der Waals surface area contributed by atoms with Gasteiger partial charge in [0.05, 0.1) is 16.7 Å². The summed E-state index contributed by atoms with van der Waals surface area (Å²) in [5.74, 6) is 1.49. The van der Waals surface area contributed by atoms with Gasteiger partial charge in [-0.1, -0.05) is 44.4 Å². The topological polar surface area (TPSA) is 113 Å². The molecular formula is C25H29N5O3. The Labute approximate surface area is 192 Å². The summed E-state index contributed by atoms with van der Waals surface area (Å²) in [6.45, 7) is 6.61. The van der Waals surface area contributed by atoms with Gasteiger partial charge < -0.3 is 14.4 Å². The van der Waals surface area contributed by atoms with Crippen LogP contribution in [-0.2, 0) is 16.1 Å². The fourth-order valence-corrected chi connectivity index (χ4v) is 4.83. The molecule has 0 radical (unpaired) electrons. The number of phenols is 1. The first kappa shape index (κ1) is 22.7. The molecular weight excluding hydrogens is 418 g/mol. The largest absolute Gasteiger partial charge is 0.507 e. The van der Waals surface area contributed by atoms with Gasteiger partial charge in [-0.15, -0.1) is 0 Å². The Bertz CT molecular complexity index is 1210. The van der Waals surface area contributed by atoms with Gasteiger partial charge >= 0.3 is 5.97 Å². The molecule has 4 rings (SSSR count). The van der Waals surface area contributed by atoms with Gasteiger partial charge in [0.1, 0.15) is 24.2 Å². The number of carbonyl (C=O) groups is 1. The van der Waals surface area contributed by atoms with Crippen molar-refractivity contribution in [1.29, 1.82) is 0 Å². The number of para-hydroxylation sites is 2. The van der Waals surface area contributed by atoms with Crippen LogP contribution < -0.4 is 0 Å². The van der Waals surface area contributed by atoms with E-state index in [2.05, 4.69) is 30.8 Å². The maximum Gasteiger partial charge on any atom is 0.326 e. The number of azide groups is 1. The number of carbonyl (C=O) groups excluding carboxylic acids is 1. The highest BCUT2D eigenvalue weighted by atomic mass is 16.5. The first-order valence-corrected chi connectivity index (χ1v) is 11.4. The number of nitrogens with zero attached hydrogens (tertiary/aromatic N) is 5. The third-order valence-electron chi connectivity index (χ3n) is 6.57. The van der Waals surface area contributed by atoms with Gasteiger partial charge in [0.15, 0.2) is 0 Å². The van der Waals surface area contributed by atoms with Crippen LogP contribution in [0.2, 0.25) is 0 Å². The molecule has 0 spiro atoms. The normalized spacial score (nSPS) is 20.5. The van der Waals surface area contributed by atoms with E-state index in [-0.39, 0.29) is 30.1 Å². The summed E-state index contributed by atoms with van der Waals surface area (Å²) >= 11 is 0. The van der Waals surface area contributed by atoms with Gasteiger partial charge in [-0.05, 0) is 66.5 Å². The molecule has 1 heterocycles. The highest BCUT2D eigenvalue weighted by Gasteiger charge is 2.33. The molecule has 8 heteroatoms. The van der Waals surface area contributed by atoms with Gasteiger partial charge in [0.2, 0.25) is 0 Å². The summed E-state index contributed by atoms with van der Waals surface area (Å²) in [5, 5.41) is 13.5. The predicted molar refractivity (Wildman–Crippen MR) is 127 cm³/mol. The molecule has 1 saturated carbocycles. The van der Waals surface area contributed by atoms with Gasteiger partial charge in [0.25, 0.3) is 0 Å². The summed E-state index contributed by atoms with van der Waals surface area (Å²) in [5.41, 5.74) is 11.1. The molecule has 0 bridgehead atoms. The quantitative estimate of drug-likeness (QED) is 0.205. The predicted octanol–water partition coefficient (Wildman–Crippen LogP) is 6.35. The molecule has 3 atom stereocenters. The summed E-state index contributed by atoms with van der Waals surface area (Å²) in [4.78, 5) is 20.6. The van der Waals surface area contributed by atoms with E-state index < -0.39 is 0 Å². The SMILES string of the molecule is CC(C)[C@@H]1CC[C@@H](C)CC1OC(=O)Cn1c(-c2ccc(O)c(N=[N+]=[N-])c2)nc2ccccc21. The second kappa shape index (κ2) is 9.55. The van der Waals surface area contributed by atoms with Crippen LogP contribution in [0.15, 0.2) is 47.6 Å². The highest BCUT2D eigenvalue weighted by molar-refractivity contribution is 5.83. The fourth-order valence-electron chi connectivity index (χ4n) is 4.83. The molecule has 0 aliphatic heterocycles. The maximum absolute atomic E-state index is 13.1. The summed E-state index contributed by atoms with van der Waals surface area (Å²) in [7, 11) is 0. The van der Waals surface area contributed by atoms with Crippen molar-refractivity contribution in [2.45, 2.75) is 52.7 Å². The number of fused-ring (bicyclic) bond motifs is 1. The van der Waals surface area contributed by atoms with Gasteiger partial charge in [-0.25, -0.2) is 4.98 Å². The number of aromatic hydroxyl groups is 1.